The third kappa shape index (κ3) is 4.93. The Kier molecular flexibility index (Phi) is 6.69. The van der Waals surface area contributed by atoms with Crippen molar-refractivity contribution in [3.63, 3.8) is 0 Å². The van der Waals surface area contributed by atoms with Crippen molar-refractivity contribution in [2.75, 3.05) is 27.4 Å². The highest BCUT2D eigenvalue weighted by Crippen LogP contribution is 2.35. The molecule has 11 heteroatoms. The molecule has 0 aliphatic heterocycles. The van der Waals surface area contributed by atoms with Gasteiger partial charge < -0.3 is 23.9 Å². The van der Waals surface area contributed by atoms with Crippen LogP contribution in [0.1, 0.15) is 27.3 Å². The highest BCUT2D eigenvalue weighted by atomic mass is 16.6. The molecule has 11 nitrogen and oxygen atoms in total. The number of carbonyl (C=O) groups excluding carboxylic acids is 2. The smallest absolute Gasteiger partial charge is 0.345 e. The molecular formula is C16H17N3O8. The summed E-state index contributed by atoms with van der Waals surface area (Å²) in [7, 11) is 2.44. The van der Waals surface area contributed by atoms with Gasteiger partial charge in [0.15, 0.2) is 17.9 Å². The monoisotopic (exact) mass is 379 g/mol. The van der Waals surface area contributed by atoms with E-state index in [2.05, 4.69) is 15.0 Å². The van der Waals surface area contributed by atoms with E-state index in [4.69, 9.17) is 13.9 Å². The van der Waals surface area contributed by atoms with Crippen LogP contribution in [0.4, 0.5) is 5.69 Å². The normalized spacial score (nSPS) is 10.1. The van der Waals surface area contributed by atoms with E-state index >= 15 is 0 Å². The van der Waals surface area contributed by atoms with Gasteiger partial charge in [0, 0.05) is 12.6 Å². The Morgan fingerprint density at radius 1 is 1.30 bits per heavy atom. The summed E-state index contributed by atoms with van der Waals surface area (Å²) in [6.45, 7) is 0.449. The Bertz CT molecular complexity index is 819. The Labute approximate surface area is 153 Å². The number of rotatable bonds is 9. The van der Waals surface area contributed by atoms with E-state index < -0.39 is 22.5 Å². The molecule has 27 heavy (non-hydrogen) atoms. The number of nitro groups is 1. The molecule has 0 fully saturated rings. The standard InChI is InChI=1S/C16H17N3O8/c1-24-12-7-11(19(22)23)10(16(21)25-2)6-13(12)26-5-3-4-18-15(20)14-8-17-9-27-14/h6-9H,3-5H2,1-2H3,(H,18,20). The van der Waals surface area contributed by atoms with Crippen molar-refractivity contribution in [2.24, 2.45) is 0 Å². The lowest BCUT2D eigenvalue weighted by atomic mass is 10.1. The summed E-state index contributed by atoms with van der Waals surface area (Å²) in [5.74, 6) is -0.942. The number of oxazole rings is 1. The number of ether oxygens (including phenoxy) is 3. The van der Waals surface area contributed by atoms with Crippen molar-refractivity contribution < 1.29 is 33.1 Å². The highest BCUT2D eigenvalue weighted by Gasteiger charge is 2.25. The number of amides is 1. The first-order valence-corrected chi connectivity index (χ1v) is 7.72. The fourth-order valence-corrected chi connectivity index (χ4v) is 2.12. The van der Waals surface area contributed by atoms with E-state index in [1.165, 1.54) is 19.4 Å². The zero-order valence-corrected chi connectivity index (χ0v) is 14.6. The summed E-state index contributed by atoms with van der Waals surface area (Å²) in [5.41, 5.74) is -0.706. The molecule has 0 aliphatic rings. The van der Waals surface area contributed by atoms with Gasteiger partial charge in [-0.05, 0) is 6.42 Å². The van der Waals surface area contributed by atoms with Gasteiger partial charge in [0.1, 0.15) is 5.56 Å². The zero-order valence-electron chi connectivity index (χ0n) is 14.6. The van der Waals surface area contributed by atoms with Gasteiger partial charge in [0.2, 0.25) is 5.76 Å². The molecule has 0 saturated heterocycles. The van der Waals surface area contributed by atoms with Gasteiger partial charge in [0.25, 0.3) is 11.6 Å². The lowest BCUT2D eigenvalue weighted by Crippen LogP contribution is -2.25. The van der Waals surface area contributed by atoms with Crippen LogP contribution in [0.2, 0.25) is 0 Å². The van der Waals surface area contributed by atoms with Crippen molar-refractivity contribution in [2.45, 2.75) is 6.42 Å². The number of hydrogen-bond donors (Lipinski definition) is 1. The number of benzene rings is 1. The molecule has 0 radical (unpaired) electrons. The highest BCUT2D eigenvalue weighted by molar-refractivity contribution is 5.95. The number of nitrogens with one attached hydrogen (secondary N) is 1. The van der Waals surface area contributed by atoms with Gasteiger partial charge in [-0.25, -0.2) is 9.78 Å². The Balaban J connectivity index is 1.99. The lowest BCUT2D eigenvalue weighted by molar-refractivity contribution is -0.385. The number of nitrogens with zero attached hydrogens (tertiary/aromatic N) is 2. The molecule has 1 heterocycles. The average molecular weight is 379 g/mol. The van der Waals surface area contributed by atoms with E-state index in [0.29, 0.717) is 13.0 Å². The molecule has 1 aromatic carbocycles. The fourth-order valence-electron chi connectivity index (χ4n) is 2.12. The van der Waals surface area contributed by atoms with Gasteiger partial charge in [-0.1, -0.05) is 0 Å². The van der Waals surface area contributed by atoms with E-state index in [1.807, 2.05) is 0 Å². The second-order valence-corrected chi connectivity index (χ2v) is 5.09. The number of aromatic nitrogens is 1. The number of methoxy groups -OCH3 is 2. The quantitative estimate of drug-likeness (QED) is 0.297. The second-order valence-electron chi connectivity index (χ2n) is 5.09. The predicted octanol–water partition coefficient (Wildman–Crippen LogP) is 1.58. The molecule has 1 aromatic heterocycles. The Morgan fingerprint density at radius 3 is 2.67 bits per heavy atom. The van der Waals surface area contributed by atoms with E-state index in [1.54, 1.807) is 0 Å². The molecule has 0 bridgehead atoms. The molecular weight excluding hydrogens is 362 g/mol. The number of nitro benzene ring substituents is 1. The molecule has 1 amide bonds. The van der Waals surface area contributed by atoms with E-state index in [9.17, 15) is 19.7 Å². The molecule has 1 N–H and O–H groups in total. The van der Waals surface area contributed by atoms with Crippen LogP contribution in [0.5, 0.6) is 11.5 Å². The van der Waals surface area contributed by atoms with Crippen LogP contribution in [0.25, 0.3) is 0 Å². The van der Waals surface area contributed by atoms with Crippen LogP contribution in [0.15, 0.2) is 29.1 Å². The molecule has 2 aromatic rings. The summed E-state index contributed by atoms with van der Waals surface area (Å²) in [6.07, 6.45) is 2.87. The third-order valence-corrected chi connectivity index (χ3v) is 3.40. The van der Waals surface area contributed by atoms with Crippen LogP contribution >= 0.6 is 0 Å². The largest absolute Gasteiger partial charge is 0.493 e. The van der Waals surface area contributed by atoms with Crippen LogP contribution in [-0.2, 0) is 4.74 Å². The van der Waals surface area contributed by atoms with Gasteiger partial charge >= 0.3 is 5.97 Å². The van der Waals surface area contributed by atoms with E-state index in [-0.39, 0.29) is 29.4 Å². The van der Waals surface area contributed by atoms with Crippen LogP contribution in [0, 0.1) is 10.1 Å². The predicted molar refractivity (Wildman–Crippen MR) is 89.9 cm³/mol. The molecule has 0 atom stereocenters. The minimum absolute atomic E-state index is 0.0932. The maximum atomic E-state index is 11.8. The lowest BCUT2D eigenvalue weighted by Gasteiger charge is -2.12. The Morgan fingerprint density at radius 2 is 2.07 bits per heavy atom. The van der Waals surface area contributed by atoms with Gasteiger partial charge in [0.05, 0.1) is 38.0 Å². The number of hydrogen-bond acceptors (Lipinski definition) is 9. The van der Waals surface area contributed by atoms with Crippen molar-refractivity contribution in [1.29, 1.82) is 0 Å². The maximum Gasteiger partial charge on any atom is 0.345 e. The SMILES string of the molecule is COC(=O)c1cc(OCCCNC(=O)c2cnco2)c(OC)cc1[N+](=O)[O-]. The average Bonchev–Trinajstić information content (AvgIpc) is 3.21. The molecule has 0 saturated carbocycles. The summed E-state index contributed by atoms with van der Waals surface area (Å²) >= 11 is 0. The minimum atomic E-state index is -0.867. The summed E-state index contributed by atoms with van der Waals surface area (Å²) in [5, 5.41) is 13.7. The van der Waals surface area contributed by atoms with Crippen molar-refractivity contribution in [1.82, 2.24) is 10.3 Å². The first-order chi connectivity index (χ1) is 13.0. The first kappa shape index (κ1) is 19.7. The maximum absolute atomic E-state index is 11.8. The summed E-state index contributed by atoms with van der Waals surface area (Å²) in [6, 6.07) is 2.28. The first-order valence-electron chi connectivity index (χ1n) is 7.72. The van der Waals surface area contributed by atoms with Crippen LogP contribution in [0.3, 0.4) is 0 Å². The second kappa shape index (κ2) is 9.17. The van der Waals surface area contributed by atoms with Gasteiger partial charge in [-0.3, -0.25) is 14.9 Å². The fraction of sp³-hybridized carbons (Fsp3) is 0.312. The minimum Gasteiger partial charge on any atom is -0.493 e. The topological polar surface area (TPSA) is 143 Å². The molecule has 2 rings (SSSR count). The summed E-state index contributed by atoms with van der Waals surface area (Å²) in [4.78, 5) is 37.5. The van der Waals surface area contributed by atoms with Crippen molar-refractivity contribution >= 4 is 17.6 Å². The molecule has 0 spiro atoms. The molecule has 144 valence electrons. The summed E-state index contributed by atoms with van der Waals surface area (Å²) < 4.78 is 20.0. The molecule has 0 unspecified atom stereocenters. The van der Waals surface area contributed by atoms with Crippen LogP contribution in [-0.4, -0.2) is 49.2 Å². The van der Waals surface area contributed by atoms with Crippen molar-refractivity contribution in [3.8, 4) is 11.5 Å². The third-order valence-electron chi connectivity index (χ3n) is 3.40. The van der Waals surface area contributed by atoms with Gasteiger partial charge in [-0.15, -0.1) is 0 Å². The van der Waals surface area contributed by atoms with Crippen LogP contribution < -0.4 is 14.8 Å². The van der Waals surface area contributed by atoms with Crippen molar-refractivity contribution in [3.05, 3.63) is 46.2 Å². The Hall–Kier alpha value is -3.63. The number of esters is 1. The zero-order chi connectivity index (χ0) is 19.8. The van der Waals surface area contributed by atoms with E-state index in [0.717, 1.165) is 19.6 Å². The number of carbonyl (C=O) groups is 2. The van der Waals surface area contributed by atoms with Gasteiger partial charge in [-0.2, -0.15) is 0 Å². The molecule has 0 aliphatic carbocycles.